The molecule has 2 aliphatic rings. The molecule has 2 N–H and O–H groups in total. The minimum atomic E-state index is -0.375. The topological polar surface area (TPSA) is 68.8 Å². The fraction of sp³-hybridized carbons (Fsp3) is 0.316. The summed E-state index contributed by atoms with van der Waals surface area (Å²) in [7, 11) is 0. The highest BCUT2D eigenvalue weighted by molar-refractivity contribution is 5.94. The number of fused-ring (bicyclic) bond motifs is 2. The largest absolute Gasteiger partial charge is 0.326 e. The number of hydrogen-bond acceptors (Lipinski definition) is 4. The van der Waals surface area contributed by atoms with E-state index in [1.165, 1.54) is 21.8 Å². The summed E-state index contributed by atoms with van der Waals surface area (Å²) in [6.07, 6.45) is 7.28. The van der Waals surface area contributed by atoms with Gasteiger partial charge in [-0.25, -0.2) is 4.39 Å². The van der Waals surface area contributed by atoms with Gasteiger partial charge >= 0.3 is 0 Å². The number of hydrogen-bond donors (Lipinski definition) is 2. The maximum Gasteiger partial charge on any atom is 0.229 e. The Morgan fingerprint density at radius 1 is 1.28 bits per heavy atom. The Kier molecular flexibility index (Phi) is 3.75. The van der Waals surface area contributed by atoms with E-state index >= 15 is 0 Å². The fourth-order valence-corrected chi connectivity index (χ4v) is 3.87. The van der Waals surface area contributed by atoms with E-state index in [1.54, 1.807) is 12.1 Å². The van der Waals surface area contributed by atoms with Gasteiger partial charge in [-0.05, 0) is 50.3 Å². The Bertz CT molecular complexity index is 999. The minimum Gasteiger partial charge on any atom is -0.326 e. The summed E-state index contributed by atoms with van der Waals surface area (Å²) in [5.41, 5.74) is 4.27. The first-order chi connectivity index (χ1) is 12.1. The third-order valence-corrected chi connectivity index (χ3v) is 5.08. The Hall–Kier alpha value is -2.76. The van der Waals surface area contributed by atoms with Crippen LogP contribution >= 0.6 is 0 Å². The molecule has 2 aromatic rings. The summed E-state index contributed by atoms with van der Waals surface area (Å²) >= 11 is 0. The highest BCUT2D eigenvalue weighted by atomic mass is 19.1. The molecule has 0 radical (unpaired) electrons. The van der Waals surface area contributed by atoms with E-state index in [-0.39, 0.29) is 11.4 Å². The molecular formula is C19H20FN5. The van der Waals surface area contributed by atoms with E-state index in [9.17, 15) is 4.39 Å². The van der Waals surface area contributed by atoms with Gasteiger partial charge in [-0.1, -0.05) is 17.7 Å². The molecule has 128 valence electrons. The van der Waals surface area contributed by atoms with E-state index in [0.717, 1.165) is 44.3 Å². The van der Waals surface area contributed by atoms with Crippen molar-refractivity contribution in [2.45, 2.75) is 32.6 Å². The quantitative estimate of drug-likeness (QED) is 0.648. The van der Waals surface area contributed by atoms with Gasteiger partial charge in [0.2, 0.25) is 5.62 Å². The highest BCUT2D eigenvalue weighted by Crippen LogP contribution is 2.38. The predicted octanol–water partition coefficient (Wildman–Crippen LogP) is 3.70. The van der Waals surface area contributed by atoms with Crippen molar-refractivity contribution in [3.63, 3.8) is 0 Å². The van der Waals surface area contributed by atoms with Crippen LogP contribution in [0.3, 0.4) is 0 Å². The van der Waals surface area contributed by atoms with Crippen LogP contribution in [-0.4, -0.2) is 22.4 Å². The number of benzene rings is 1. The van der Waals surface area contributed by atoms with Crippen LogP contribution in [0.2, 0.25) is 0 Å². The monoisotopic (exact) mass is 337 g/mol. The molecule has 0 bridgehead atoms. The lowest BCUT2D eigenvalue weighted by Crippen LogP contribution is -2.34. The van der Waals surface area contributed by atoms with Crippen molar-refractivity contribution in [2.24, 2.45) is 0 Å². The van der Waals surface area contributed by atoms with Crippen molar-refractivity contribution < 1.29 is 4.39 Å². The zero-order valence-electron chi connectivity index (χ0n) is 14.1. The van der Waals surface area contributed by atoms with Crippen molar-refractivity contribution in [3.8, 4) is 0 Å². The number of anilines is 1. The zero-order chi connectivity index (χ0) is 17.6. The van der Waals surface area contributed by atoms with E-state index in [0.29, 0.717) is 16.7 Å². The van der Waals surface area contributed by atoms with Gasteiger partial charge in [0.1, 0.15) is 11.6 Å². The van der Waals surface area contributed by atoms with E-state index < -0.39 is 0 Å². The molecule has 0 unspecified atom stereocenters. The van der Waals surface area contributed by atoms with Gasteiger partial charge in [0.05, 0.1) is 17.2 Å². The third kappa shape index (κ3) is 2.40. The molecule has 0 spiro atoms. The summed E-state index contributed by atoms with van der Waals surface area (Å²) in [4.78, 5) is 6.43. The molecule has 1 aromatic carbocycles. The Labute approximate surface area is 145 Å². The Morgan fingerprint density at radius 2 is 2.12 bits per heavy atom. The van der Waals surface area contributed by atoms with Crippen molar-refractivity contribution in [1.29, 1.82) is 10.8 Å². The summed E-state index contributed by atoms with van der Waals surface area (Å²) in [6, 6.07) is 4.74. The van der Waals surface area contributed by atoms with Crippen LogP contribution in [0.5, 0.6) is 0 Å². The molecular weight excluding hydrogens is 317 g/mol. The molecule has 6 heteroatoms. The van der Waals surface area contributed by atoms with Gasteiger partial charge in [-0.15, -0.1) is 0 Å². The van der Waals surface area contributed by atoms with Gasteiger partial charge in [0, 0.05) is 12.2 Å². The molecule has 0 atom stereocenters. The summed E-state index contributed by atoms with van der Waals surface area (Å²) in [5.74, 6) is 0.106. The highest BCUT2D eigenvalue weighted by Gasteiger charge is 2.27. The number of aromatic nitrogens is 2. The van der Waals surface area contributed by atoms with Gasteiger partial charge < -0.3 is 4.90 Å². The summed E-state index contributed by atoms with van der Waals surface area (Å²) in [5, 5.41) is 16.1. The summed E-state index contributed by atoms with van der Waals surface area (Å²) < 4.78 is 16.0. The van der Waals surface area contributed by atoms with Gasteiger partial charge in [0.15, 0.2) is 0 Å². The first-order valence-corrected chi connectivity index (χ1v) is 8.54. The predicted molar refractivity (Wildman–Crippen MR) is 96.3 cm³/mol. The number of rotatable bonds is 2. The van der Waals surface area contributed by atoms with Crippen LogP contribution in [0, 0.1) is 16.6 Å². The Balaban J connectivity index is 2.00. The van der Waals surface area contributed by atoms with E-state index in [2.05, 4.69) is 22.9 Å². The normalized spacial score (nSPS) is 17.5. The number of nitrogens with zero attached hydrogens (tertiary/aromatic N) is 3. The number of halogens is 1. The van der Waals surface area contributed by atoms with Crippen LogP contribution < -0.4 is 10.5 Å². The lowest BCUT2D eigenvalue weighted by Gasteiger charge is -2.36. The molecule has 0 saturated carbocycles. The molecule has 4 rings (SSSR count). The number of piperidine rings is 1. The van der Waals surface area contributed by atoms with Crippen LogP contribution in [-0.2, 0) is 0 Å². The standard InChI is InChI=1S/C19H20FN5/c1-12-5-2-8-15-13(12)6-4-10-24(15)18-17-14(20)7-3-9-16(17)25(11-21)19(22)23-18/h3,7-9,11,21-22H,2,4-6,10H2,1H3. The number of allylic oxidation sites excluding steroid dienone is 3. The SMILES string of the molecule is CC1=C2CCCN(c3nc(=N)n(C=N)c4cccc(F)c34)C2=CCC1. The van der Waals surface area contributed by atoms with Gasteiger partial charge in [0.25, 0.3) is 0 Å². The number of nitrogens with one attached hydrogen (secondary N) is 2. The van der Waals surface area contributed by atoms with E-state index in [1.807, 2.05) is 0 Å². The minimum absolute atomic E-state index is 0.0627. The van der Waals surface area contributed by atoms with Crippen LogP contribution in [0.4, 0.5) is 10.2 Å². The van der Waals surface area contributed by atoms with Crippen molar-refractivity contribution in [3.05, 3.63) is 52.6 Å². The molecule has 1 aromatic heterocycles. The Morgan fingerprint density at radius 3 is 2.92 bits per heavy atom. The van der Waals surface area contributed by atoms with Crippen LogP contribution in [0.1, 0.15) is 32.6 Å². The smallest absolute Gasteiger partial charge is 0.229 e. The van der Waals surface area contributed by atoms with Crippen molar-refractivity contribution in [2.75, 3.05) is 11.4 Å². The van der Waals surface area contributed by atoms with Crippen molar-refractivity contribution >= 4 is 23.1 Å². The maximum atomic E-state index is 14.7. The first-order valence-electron chi connectivity index (χ1n) is 8.54. The second-order valence-corrected chi connectivity index (χ2v) is 6.53. The average molecular weight is 337 g/mol. The molecule has 1 aliphatic heterocycles. The van der Waals surface area contributed by atoms with E-state index in [4.69, 9.17) is 10.8 Å². The molecule has 1 fully saturated rings. The second kappa shape index (κ2) is 5.95. The van der Waals surface area contributed by atoms with Gasteiger partial charge in [-0.2, -0.15) is 4.98 Å². The average Bonchev–Trinajstić information content (AvgIpc) is 2.61. The molecule has 5 nitrogen and oxygen atoms in total. The second-order valence-electron chi connectivity index (χ2n) is 6.53. The lowest BCUT2D eigenvalue weighted by molar-refractivity contribution is 0.636. The fourth-order valence-electron chi connectivity index (χ4n) is 3.87. The molecule has 0 amide bonds. The zero-order valence-corrected chi connectivity index (χ0v) is 14.1. The first kappa shape index (κ1) is 15.7. The molecule has 1 saturated heterocycles. The molecule has 1 aliphatic carbocycles. The van der Waals surface area contributed by atoms with Crippen LogP contribution in [0.15, 0.2) is 41.1 Å². The summed E-state index contributed by atoms with van der Waals surface area (Å²) in [6.45, 7) is 2.93. The molecule has 2 heterocycles. The van der Waals surface area contributed by atoms with Crippen molar-refractivity contribution in [1.82, 2.24) is 9.55 Å². The molecule has 25 heavy (non-hydrogen) atoms. The third-order valence-electron chi connectivity index (χ3n) is 5.08. The maximum absolute atomic E-state index is 14.7. The van der Waals surface area contributed by atoms with Crippen LogP contribution in [0.25, 0.3) is 10.9 Å². The van der Waals surface area contributed by atoms with Gasteiger partial charge in [-0.3, -0.25) is 15.4 Å². The lowest BCUT2D eigenvalue weighted by atomic mass is 9.89.